The number of nitrogens with two attached hydrogens (primary N) is 1. The molecule has 13 heavy (non-hydrogen) atoms. The summed E-state index contributed by atoms with van der Waals surface area (Å²) in [6.07, 6.45) is 2.92. The second-order valence-corrected chi connectivity index (χ2v) is 3.07. The van der Waals surface area contributed by atoms with Crippen LogP contribution in [0.2, 0.25) is 0 Å². The number of rotatable bonds is 1. The van der Waals surface area contributed by atoms with E-state index in [4.69, 9.17) is 5.73 Å². The Morgan fingerprint density at radius 2 is 1.77 bits per heavy atom. The average Bonchev–Trinajstić information content (AvgIpc) is 2.01. The molecule has 1 unspecified atom stereocenters. The molecule has 70 valence electrons. The molecular formula is C10H11ClFN. The molecule has 1 aliphatic carbocycles. The minimum Gasteiger partial charge on any atom is -0.324 e. The van der Waals surface area contributed by atoms with Gasteiger partial charge in [-0.25, -0.2) is 4.39 Å². The summed E-state index contributed by atoms with van der Waals surface area (Å²) in [4.78, 5) is 0. The van der Waals surface area contributed by atoms with Crippen molar-refractivity contribution in [1.82, 2.24) is 0 Å². The molecule has 0 fully saturated rings. The van der Waals surface area contributed by atoms with Gasteiger partial charge in [0.15, 0.2) is 0 Å². The van der Waals surface area contributed by atoms with Gasteiger partial charge in [-0.05, 0) is 29.7 Å². The Morgan fingerprint density at radius 1 is 1.23 bits per heavy atom. The smallest absolute Gasteiger partial charge is 0.123 e. The van der Waals surface area contributed by atoms with Crippen LogP contribution in [-0.2, 0) is 0 Å². The SMILES string of the molecule is Cl.NC1C=C(c2ccc(F)cc2)C1. The van der Waals surface area contributed by atoms with E-state index in [1.807, 2.05) is 6.08 Å². The molecule has 0 saturated heterocycles. The predicted molar refractivity (Wildman–Crippen MR) is 54.2 cm³/mol. The Bertz CT molecular complexity index is 318. The largest absolute Gasteiger partial charge is 0.324 e. The van der Waals surface area contributed by atoms with Crippen LogP contribution in [0.25, 0.3) is 5.57 Å². The van der Waals surface area contributed by atoms with Crippen LogP contribution in [0.1, 0.15) is 12.0 Å². The summed E-state index contributed by atoms with van der Waals surface area (Å²) in [6.45, 7) is 0. The molecule has 2 rings (SSSR count). The second-order valence-electron chi connectivity index (χ2n) is 3.07. The first-order valence-corrected chi connectivity index (χ1v) is 3.98. The Kier molecular flexibility index (Phi) is 3.07. The highest BCUT2D eigenvalue weighted by molar-refractivity contribution is 5.85. The zero-order valence-corrected chi connectivity index (χ0v) is 7.85. The number of hydrogen-bond donors (Lipinski definition) is 1. The molecule has 0 heterocycles. The van der Waals surface area contributed by atoms with E-state index in [0.29, 0.717) is 0 Å². The molecule has 0 radical (unpaired) electrons. The molecule has 1 aromatic rings. The fourth-order valence-corrected chi connectivity index (χ4v) is 1.36. The first-order valence-electron chi connectivity index (χ1n) is 3.98. The third-order valence-corrected chi connectivity index (χ3v) is 2.09. The molecule has 0 saturated carbocycles. The van der Waals surface area contributed by atoms with Crippen molar-refractivity contribution in [3.63, 3.8) is 0 Å². The Morgan fingerprint density at radius 3 is 2.23 bits per heavy atom. The number of benzene rings is 1. The van der Waals surface area contributed by atoms with Crippen LogP contribution < -0.4 is 5.73 Å². The van der Waals surface area contributed by atoms with Crippen LogP contribution in [0, 0.1) is 5.82 Å². The van der Waals surface area contributed by atoms with Crippen molar-refractivity contribution in [2.45, 2.75) is 12.5 Å². The van der Waals surface area contributed by atoms with Gasteiger partial charge in [-0.15, -0.1) is 12.4 Å². The maximum atomic E-state index is 12.5. The lowest BCUT2D eigenvalue weighted by molar-refractivity contribution is 0.627. The lowest BCUT2D eigenvalue weighted by Crippen LogP contribution is -2.24. The topological polar surface area (TPSA) is 26.0 Å². The highest BCUT2D eigenvalue weighted by Gasteiger charge is 2.15. The standard InChI is InChI=1S/C10H10FN.ClH/c11-9-3-1-7(2-4-9)8-5-10(12)6-8;/h1-5,10H,6,12H2;1H. The van der Waals surface area contributed by atoms with E-state index in [9.17, 15) is 4.39 Å². The molecule has 0 aromatic heterocycles. The normalized spacial score (nSPS) is 19.8. The fraction of sp³-hybridized carbons (Fsp3) is 0.200. The third kappa shape index (κ3) is 2.08. The average molecular weight is 200 g/mol. The van der Waals surface area contributed by atoms with E-state index in [1.54, 1.807) is 12.1 Å². The van der Waals surface area contributed by atoms with Crippen molar-refractivity contribution < 1.29 is 4.39 Å². The summed E-state index contributed by atoms with van der Waals surface area (Å²) in [5, 5.41) is 0. The maximum absolute atomic E-state index is 12.5. The van der Waals surface area contributed by atoms with Gasteiger partial charge in [-0.1, -0.05) is 18.2 Å². The van der Waals surface area contributed by atoms with Gasteiger partial charge in [-0.3, -0.25) is 0 Å². The first-order chi connectivity index (χ1) is 5.75. The zero-order valence-electron chi connectivity index (χ0n) is 7.03. The molecule has 1 atom stereocenters. The van der Waals surface area contributed by atoms with E-state index < -0.39 is 0 Å². The van der Waals surface area contributed by atoms with Gasteiger partial charge in [0, 0.05) is 6.04 Å². The summed E-state index contributed by atoms with van der Waals surface area (Å²) in [5.41, 5.74) is 7.89. The molecule has 0 bridgehead atoms. The van der Waals surface area contributed by atoms with Crippen LogP contribution in [0.5, 0.6) is 0 Å². The first kappa shape index (κ1) is 10.2. The number of hydrogen-bond acceptors (Lipinski definition) is 1. The van der Waals surface area contributed by atoms with Gasteiger partial charge in [0.1, 0.15) is 5.82 Å². The zero-order chi connectivity index (χ0) is 8.55. The lowest BCUT2D eigenvalue weighted by atomic mass is 9.88. The molecule has 1 nitrogen and oxygen atoms in total. The minimum absolute atomic E-state index is 0. The summed E-state index contributed by atoms with van der Waals surface area (Å²) in [5.74, 6) is -0.192. The van der Waals surface area contributed by atoms with Crippen LogP contribution in [0.3, 0.4) is 0 Å². The third-order valence-electron chi connectivity index (χ3n) is 2.09. The predicted octanol–water partition coefficient (Wildman–Crippen LogP) is 2.36. The van der Waals surface area contributed by atoms with Crippen molar-refractivity contribution >= 4 is 18.0 Å². The molecule has 3 heteroatoms. The summed E-state index contributed by atoms with van der Waals surface area (Å²) >= 11 is 0. The van der Waals surface area contributed by atoms with Crippen molar-refractivity contribution in [2.24, 2.45) is 5.73 Å². The van der Waals surface area contributed by atoms with Crippen LogP contribution in [0.15, 0.2) is 30.3 Å². The second kappa shape index (κ2) is 3.90. The van der Waals surface area contributed by atoms with Gasteiger partial charge in [-0.2, -0.15) is 0 Å². The van der Waals surface area contributed by atoms with Crippen LogP contribution in [-0.4, -0.2) is 6.04 Å². The molecule has 0 aliphatic heterocycles. The van der Waals surface area contributed by atoms with Gasteiger partial charge >= 0.3 is 0 Å². The van der Waals surface area contributed by atoms with Crippen LogP contribution >= 0.6 is 12.4 Å². The Hall–Kier alpha value is -0.860. The minimum atomic E-state index is -0.192. The van der Waals surface area contributed by atoms with E-state index in [0.717, 1.165) is 12.0 Å². The highest BCUT2D eigenvalue weighted by Crippen LogP contribution is 2.27. The van der Waals surface area contributed by atoms with E-state index in [1.165, 1.54) is 17.7 Å². The highest BCUT2D eigenvalue weighted by atomic mass is 35.5. The van der Waals surface area contributed by atoms with Crippen molar-refractivity contribution in [3.8, 4) is 0 Å². The quantitative estimate of drug-likeness (QED) is 0.739. The van der Waals surface area contributed by atoms with E-state index in [-0.39, 0.29) is 24.3 Å². The fourth-order valence-electron chi connectivity index (χ4n) is 1.36. The molecule has 1 aliphatic rings. The maximum Gasteiger partial charge on any atom is 0.123 e. The molecule has 1 aromatic carbocycles. The van der Waals surface area contributed by atoms with Crippen LogP contribution in [0.4, 0.5) is 4.39 Å². The summed E-state index contributed by atoms with van der Waals surface area (Å²) in [6, 6.07) is 6.71. The van der Waals surface area contributed by atoms with Crippen molar-refractivity contribution in [2.75, 3.05) is 0 Å². The van der Waals surface area contributed by atoms with E-state index in [2.05, 4.69) is 0 Å². The van der Waals surface area contributed by atoms with Gasteiger partial charge in [0.05, 0.1) is 0 Å². The van der Waals surface area contributed by atoms with Gasteiger partial charge in [0.2, 0.25) is 0 Å². The monoisotopic (exact) mass is 199 g/mol. The molecular weight excluding hydrogens is 189 g/mol. The molecule has 0 amide bonds. The van der Waals surface area contributed by atoms with Gasteiger partial charge < -0.3 is 5.73 Å². The number of halogens is 2. The summed E-state index contributed by atoms with van der Waals surface area (Å²) < 4.78 is 12.5. The van der Waals surface area contributed by atoms with Crippen molar-refractivity contribution in [3.05, 3.63) is 41.7 Å². The Labute approximate surface area is 82.9 Å². The van der Waals surface area contributed by atoms with Crippen molar-refractivity contribution in [1.29, 1.82) is 0 Å². The lowest BCUT2D eigenvalue weighted by Gasteiger charge is -2.21. The Balaban J connectivity index is 0.000000845. The van der Waals surface area contributed by atoms with Gasteiger partial charge in [0.25, 0.3) is 0 Å². The summed E-state index contributed by atoms with van der Waals surface area (Å²) in [7, 11) is 0. The molecule has 0 spiro atoms. The molecule has 2 N–H and O–H groups in total. The van der Waals surface area contributed by atoms with E-state index >= 15 is 0 Å².